The molecule has 0 aliphatic rings. The lowest BCUT2D eigenvalue weighted by molar-refractivity contribution is -0.116. The van der Waals surface area contributed by atoms with Crippen molar-refractivity contribution >= 4 is 22.6 Å². The zero-order chi connectivity index (χ0) is 20.9. The molecule has 1 aromatic heterocycles. The molecule has 0 bridgehead atoms. The standard InChI is InChI=1S/C24H20N4O2/c1-17(30-20-10-3-2-4-11-20)24-27-21-12-5-6-13-22(21)28(24)16-23(29)26-19-9-7-8-18(14-19)15-25/h2-14,17H,16H2,1H3,(H,26,29)/t17-/m1/s1. The summed E-state index contributed by atoms with van der Waals surface area (Å²) in [7, 11) is 0. The van der Waals surface area contributed by atoms with E-state index in [1.54, 1.807) is 24.3 Å². The summed E-state index contributed by atoms with van der Waals surface area (Å²) in [6.07, 6.45) is -0.352. The molecule has 6 nitrogen and oxygen atoms in total. The zero-order valence-electron chi connectivity index (χ0n) is 16.4. The Bertz CT molecular complexity index is 1220. The number of para-hydroxylation sites is 3. The number of benzene rings is 3. The van der Waals surface area contributed by atoms with Crippen LogP contribution in [0.2, 0.25) is 0 Å². The van der Waals surface area contributed by atoms with E-state index in [0.717, 1.165) is 16.8 Å². The number of hydrogen-bond acceptors (Lipinski definition) is 4. The molecule has 1 amide bonds. The van der Waals surface area contributed by atoms with Crippen molar-refractivity contribution < 1.29 is 9.53 Å². The van der Waals surface area contributed by atoms with Gasteiger partial charge in [-0.3, -0.25) is 4.79 Å². The first-order valence-electron chi connectivity index (χ1n) is 9.61. The van der Waals surface area contributed by atoms with E-state index in [-0.39, 0.29) is 18.6 Å². The summed E-state index contributed by atoms with van der Waals surface area (Å²) in [4.78, 5) is 17.5. The van der Waals surface area contributed by atoms with Crippen LogP contribution in [0.1, 0.15) is 24.4 Å². The van der Waals surface area contributed by atoms with Crippen LogP contribution in [-0.2, 0) is 11.3 Å². The minimum Gasteiger partial charge on any atom is -0.483 e. The third-order valence-electron chi connectivity index (χ3n) is 4.68. The first-order chi connectivity index (χ1) is 14.6. The Morgan fingerprint density at radius 2 is 1.87 bits per heavy atom. The van der Waals surface area contributed by atoms with Crippen molar-refractivity contribution in [3.8, 4) is 11.8 Å². The number of nitrogens with zero attached hydrogens (tertiary/aromatic N) is 3. The Balaban J connectivity index is 1.61. The Kier molecular flexibility index (Phi) is 5.44. The molecule has 1 heterocycles. The third-order valence-corrected chi connectivity index (χ3v) is 4.68. The van der Waals surface area contributed by atoms with Crippen LogP contribution in [0.3, 0.4) is 0 Å². The van der Waals surface area contributed by atoms with Crippen molar-refractivity contribution in [3.63, 3.8) is 0 Å². The molecule has 4 aromatic rings. The summed E-state index contributed by atoms with van der Waals surface area (Å²) in [6, 6.07) is 26.1. The second kappa shape index (κ2) is 8.50. The second-order valence-electron chi connectivity index (χ2n) is 6.86. The van der Waals surface area contributed by atoms with Crippen molar-refractivity contribution in [1.82, 2.24) is 9.55 Å². The van der Waals surface area contributed by atoms with Gasteiger partial charge in [-0.05, 0) is 49.4 Å². The minimum absolute atomic E-state index is 0.0785. The lowest BCUT2D eigenvalue weighted by Gasteiger charge is -2.16. The van der Waals surface area contributed by atoms with Crippen LogP contribution in [0.4, 0.5) is 5.69 Å². The molecule has 30 heavy (non-hydrogen) atoms. The maximum atomic E-state index is 12.8. The average molecular weight is 396 g/mol. The number of nitriles is 1. The lowest BCUT2D eigenvalue weighted by Crippen LogP contribution is -2.22. The molecule has 4 rings (SSSR count). The molecule has 0 fully saturated rings. The van der Waals surface area contributed by atoms with E-state index in [9.17, 15) is 4.79 Å². The van der Waals surface area contributed by atoms with Crippen LogP contribution in [0.25, 0.3) is 11.0 Å². The number of nitrogens with one attached hydrogen (secondary N) is 1. The highest BCUT2D eigenvalue weighted by Gasteiger charge is 2.20. The summed E-state index contributed by atoms with van der Waals surface area (Å²) in [5.41, 5.74) is 2.73. The van der Waals surface area contributed by atoms with Crippen LogP contribution in [0.5, 0.6) is 5.75 Å². The quantitative estimate of drug-likeness (QED) is 0.513. The number of rotatable bonds is 6. The highest BCUT2D eigenvalue weighted by Crippen LogP contribution is 2.25. The first kappa shape index (κ1) is 19.2. The van der Waals surface area contributed by atoms with Crippen LogP contribution >= 0.6 is 0 Å². The molecule has 1 N–H and O–H groups in total. The predicted octanol–water partition coefficient (Wildman–Crippen LogP) is 4.69. The van der Waals surface area contributed by atoms with Gasteiger partial charge < -0.3 is 14.6 Å². The van der Waals surface area contributed by atoms with E-state index in [2.05, 4.69) is 11.4 Å². The highest BCUT2D eigenvalue weighted by molar-refractivity contribution is 5.92. The fraction of sp³-hybridized carbons (Fsp3) is 0.125. The van der Waals surface area contributed by atoms with Crippen LogP contribution in [-0.4, -0.2) is 15.5 Å². The molecule has 0 aliphatic heterocycles. The van der Waals surface area contributed by atoms with Gasteiger partial charge in [0.1, 0.15) is 12.3 Å². The van der Waals surface area contributed by atoms with Gasteiger partial charge in [0.15, 0.2) is 11.9 Å². The van der Waals surface area contributed by atoms with Gasteiger partial charge in [0.25, 0.3) is 0 Å². The maximum absolute atomic E-state index is 12.8. The summed E-state index contributed by atoms with van der Waals surface area (Å²) < 4.78 is 7.92. The van der Waals surface area contributed by atoms with Gasteiger partial charge in [-0.2, -0.15) is 5.26 Å². The number of hydrogen-bond donors (Lipinski definition) is 1. The highest BCUT2D eigenvalue weighted by atomic mass is 16.5. The van der Waals surface area contributed by atoms with Crippen LogP contribution < -0.4 is 10.1 Å². The van der Waals surface area contributed by atoms with E-state index in [1.165, 1.54) is 0 Å². The lowest BCUT2D eigenvalue weighted by atomic mass is 10.2. The first-order valence-corrected chi connectivity index (χ1v) is 9.61. The molecule has 0 radical (unpaired) electrons. The molecule has 148 valence electrons. The second-order valence-corrected chi connectivity index (χ2v) is 6.86. The summed E-state index contributed by atoms with van der Waals surface area (Å²) in [6.45, 7) is 1.99. The zero-order valence-corrected chi connectivity index (χ0v) is 16.4. The topological polar surface area (TPSA) is 79.9 Å². The van der Waals surface area contributed by atoms with E-state index < -0.39 is 0 Å². The largest absolute Gasteiger partial charge is 0.483 e. The molecular formula is C24H20N4O2. The number of anilines is 1. The van der Waals surface area contributed by atoms with Gasteiger partial charge in [-0.1, -0.05) is 36.4 Å². The molecule has 0 spiro atoms. The average Bonchev–Trinajstić information content (AvgIpc) is 3.13. The monoisotopic (exact) mass is 396 g/mol. The van der Waals surface area contributed by atoms with E-state index in [0.29, 0.717) is 17.1 Å². The molecular weight excluding hydrogens is 376 g/mol. The third kappa shape index (κ3) is 4.15. The fourth-order valence-corrected chi connectivity index (χ4v) is 3.34. The summed E-state index contributed by atoms with van der Waals surface area (Å²) >= 11 is 0. The van der Waals surface area contributed by atoms with Crippen molar-refractivity contribution in [1.29, 1.82) is 5.26 Å². The molecule has 0 saturated carbocycles. The minimum atomic E-state index is -0.352. The van der Waals surface area contributed by atoms with Gasteiger partial charge in [0.05, 0.1) is 22.7 Å². The Morgan fingerprint density at radius 1 is 1.10 bits per heavy atom. The molecule has 0 unspecified atom stereocenters. The number of fused-ring (bicyclic) bond motifs is 1. The Hall–Kier alpha value is -4.11. The normalized spacial score (nSPS) is 11.6. The number of aromatic nitrogens is 2. The summed E-state index contributed by atoms with van der Waals surface area (Å²) in [5, 5.41) is 11.9. The Morgan fingerprint density at radius 3 is 2.67 bits per heavy atom. The van der Waals surface area contributed by atoms with Crippen molar-refractivity contribution in [2.75, 3.05) is 5.32 Å². The van der Waals surface area contributed by atoms with E-state index in [4.69, 9.17) is 15.0 Å². The number of imidazole rings is 1. The Labute approximate surface area is 174 Å². The fourth-order valence-electron chi connectivity index (χ4n) is 3.34. The molecule has 0 saturated heterocycles. The van der Waals surface area contributed by atoms with Crippen molar-refractivity contribution in [2.45, 2.75) is 19.6 Å². The van der Waals surface area contributed by atoms with Gasteiger partial charge in [-0.25, -0.2) is 4.98 Å². The van der Waals surface area contributed by atoms with E-state index in [1.807, 2.05) is 66.1 Å². The SMILES string of the molecule is C[C@@H](Oc1ccccc1)c1nc2ccccc2n1CC(=O)Nc1cccc(C#N)c1. The van der Waals surface area contributed by atoms with Crippen LogP contribution in [0, 0.1) is 11.3 Å². The van der Waals surface area contributed by atoms with E-state index >= 15 is 0 Å². The van der Waals surface area contributed by atoms with Crippen molar-refractivity contribution in [3.05, 3.63) is 90.3 Å². The van der Waals surface area contributed by atoms with Gasteiger partial charge in [0.2, 0.25) is 5.91 Å². The summed E-state index contributed by atoms with van der Waals surface area (Å²) in [5.74, 6) is 1.20. The molecule has 6 heteroatoms. The van der Waals surface area contributed by atoms with Gasteiger partial charge in [0, 0.05) is 5.69 Å². The van der Waals surface area contributed by atoms with Crippen molar-refractivity contribution in [2.24, 2.45) is 0 Å². The van der Waals surface area contributed by atoms with Gasteiger partial charge >= 0.3 is 0 Å². The predicted molar refractivity (Wildman–Crippen MR) is 115 cm³/mol. The number of amides is 1. The smallest absolute Gasteiger partial charge is 0.244 e. The maximum Gasteiger partial charge on any atom is 0.244 e. The van der Waals surface area contributed by atoms with Crippen LogP contribution in [0.15, 0.2) is 78.9 Å². The number of carbonyl (C=O) groups is 1. The number of carbonyl (C=O) groups excluding carboxylic acids is 1. The van der Waals surface area contributed by atoms with Gasteiger partial charge in [-0.15, -0.1) is 0 Å². The number of ether oxygens (including phenoxy) is 1. The molecule has 0 aliphatic carbocycles. The molecule has 1 atom stereocenters. The molecule has 3 aromatic carbocycles.